The first-order valence-corrected chi connectivity index (χ1v) is 4.48. The molecule has 1 amide bonds. The molecule has 0 N–H and O–H groups in total. The highest BCUT2D eigenvalue weighted by Crippen LogP contribution is 2.31. The lowest BCUT2D eigenvalue weighted by Crippen LogP contribution is -2.33. The summed E-state index contributed by atoms with van der Waals surface area (Å²) in [5.41, 5.74) is 0. The normalized spacial score (nSPS) is 16.2. The van der Waals surface area contributed by atoms with Gasteiger partial charge < -0.3 is 4.90 Å². The highest BCUT2D eigenvalue weighted by atomic mass is 16.2. The Morgan fingerprint density at radius 3 is 2.08 bits per heavy atom. The van der Waals surface area contributed by atoms with Crippen LogP contribution in [0, 0.1) is 19.8 Å². The van der Waals surface area contributed by atoms with Crippen molar-refractivity contribution in [1.29, 1.82) is 0 Å². The fourth-order valence-electron chi connectivity index (χ4n) is 1.23. The van der Waals surface area contributed by atoms with Gasteiger partial charge in [-0.05, 0) is 39.5 Å². The van der Waals surface area contributed by atoms with Crippen LogP contribution in [0.5, 0.6) is 0 Å². The third-order valence-electron chi connectivity index (χ3n) is 2.04. The Kier molecular flexibility index (Phi) is 3.57. The molecule has 0 heterocycles. The van der Waals surface area contributed by atoms with E-state index in [9.17, 15) is 4.79 Å². The summed E-state index contributed by atoms with van der Waals surface area (Å²) in [7, 11) is 0. The molecule has 2 heteroatoms. The second-order valence-corrected chi connectivity index (χ2v) is 3.18. The highest BCUT2D eigenvalue weighted by Gasteiger charge is 2.32. The van der Waals surface area contributed by atoms with Gasteiger partial charge >= 0.3 is 0 Å². The minimum absolute atomic E-state index is 0.242. The molecule has 1 aliphatic carbocycles. The van der Waals surface area contributed by atoms with Gasteiger partial charge in [0.05, 0.1) is 0 Å². The van der Waals surface area contributed by atoms with E-state index < -0.39 is 0 Å². The molecule has 0 saturated heterocycles. The van der Waals surface area contributed by atoms with Crippen LogP contribution in [0.15, 0.2) is 0 Å². The second-order valence-electron chi connectivity index (χ2n) is 3.18. The molecule has 0 bridgehead atoms. The predicted octanol–water partition coefficient (Wildman–Crippen LogP) is 1.43. The number of hydrogen-bond donors (Lipinski definition) is 0. The summed E-state index contributed by atoms with van der Waals surface area (Å²) < 4.78 is 0. The first-order chi connectivity index (χ1) is 5.79. The number of hydrogen-bond acceptors (Lipinski definition) is 1. The van der Waals surface area contributed by atoms with Crippen LogP contribution in [0.4, 0.5) is 0 Å². The molecule has 66 valence electrons. The summed E-state index contributed by atoms with van der Waals surface area (Å²) in [5.74, 6) is 0.522. The third kappa shape index (κ3) is 2.50. The van der Waals surface area contributed by atoms with Crippen LogP contribution in [0.1, 0.15) is 25.7 Å². The molecular weight excluding hydrogens is 150 g/mol. The minimum Gasteiger partial charge on any atom is -0.342 e. The van der Waals surface area contributed by atoms with Gasteiger partial charge in [-0.15, -0.1) is 0 Å². The molecule has 0 spiro atoms. The maximum Gasteiger partial charge on any atom is 0.225 e. The number of amides is 1. The van der Waals surface area contributed by atoms with E-state index in [1.54, 1.807) is 4.90 Å². The zero-order chi connectivity index (χ0) is 8.97. The monoisotopic (exact) mass is 165 g/mol. The van der Waals surface area contributed by atoms with Crippen LogP contribution in [-0.4, -0.2) is 23.9 Å². The Balaban J connectivity index is 2.33. The zero-order valence-electron chi connectivity index (χ0n) is 7.33. The molecule has 0 aromatic carbocycles. The zero-order valence-corrected chi connectivity index (χ0v) is 7.33. The Hall–Kier alpha value is -0.530. The summed E-state index contributed by atoms with van der Waals surface area (Å²) in [4.78, 5) is 13.3. The first kappa shape index (κ1) is 9.56. The third-order valence-corrected chi connectivity index (χ3v) is 2.04. The van der Waals surface area contributed by atoms with Crippen molar-refractivity contribution in [3.63, 3.8) is 0 Å². The van der Waals surface area contributed by atoms with Gasteiger partial charge in [0.1, 0.15) is 0 Å². The SMILES string of the molecule is [CH]CCN(CC[CH])C(=O)C1CC1. The van der Waals surface area contributed by atoms with Crippen LogP contribution >= 0.6 is 0 Å². The Morgan fingerprint density at radius 1 is 1.25 bits per heavy atom. The molecule has 1 rings (SSSR count). The average molecular weight is 165 g/mol. The molecule has 12 heavy (non-hydrogen) atoms. The van der Waals surface area contributed by atoms with Crippen molar-refractivity contribution in [3.05, 3.63) is 13.8 Å². The lowest BCUT2D eigenvalue weighted by atomic mass is 10.3. The van der Waals surface area contributed by atoms with Gasteiger partial charge in [0.2, 0.25) is 5.91 Å². The maximum atomic E-state index is 11.5. The van der Waals surface area contributed by atoms with E-state index in [4.69, 9.17) is 13.8 Å². The fourth-order valence-corrected chi connectivity index (χ4v) is 1.23. The Morgan fingerprint density at radius 2 is 1.75 bits per heavy atom. The topological polar surface area (TPSA) is 20.3 Å². The van der Waals surface area contributed by atoms with Crippen molar-refractivity contribution in [2.45, 2.75) is 25.7 Å². The summed E-state index contributed by atoms with van der Waals surface area (Å²) in [6, 6.07) is 0. The van der Waals surface area contributed by atoms with Crippen LogP contribution in [0.3, 0.4) is 0 Å². The van der Waals surface area contributed by atoms with Gasteiger partial charge in [-0.25, -0.2) is 0 Å². The lowest BCUT2D eigenvalue weighted by Gasteiger charge is -2.20. The summed E-state index contributed by atoms with van der Waals surface area (Å²) >= 11 is 0. The largest absolute Gasteiger partial charge is 0.342 e. The van der Waals surface area contributed by atoms with Gasteiger partial charge in [-0.3, -0.25) is 4.79 Å². The minimum atomic E-state index is 0.242. The van der Waals surface area contributed by atoms with E-state index in [0.717, 1.165) is 12.8 Å². The number of rotatable bonds is 5. The predicted molar refractivity (Wildman–Crippen MR) is 47.1 cm³/mol. The van der Waals surface area contributed by atoms with Crippen LogP contribution in [0.25, 0.3) is 0 Å². The summed E-state index contributed by atoms with van der Waals surface area (Å²) in [6.07, 6.45) is 3.14. The van der Waals surface area contributed by atoms with Crippen LogP contribution < -0.4 is 0 Å². The standard InChI is InChI=1S/C10H15NO/c1-3-7-11(8-4-2)10(12)9-5-6-9/h1-2,9H,3-8H2. The molecule has 0 unspecified atom stereocenters. The van der Waals surface area contributed by atoms with E-state index in [2.05, 4.69) is 0 Å². The number of carbonyl (C=O) groups is 1. The molecule has 0 aliphatic heterocycles. The van der Waals surface area contributed by atoms with Crippen molar-refractivity contribution in [1.82, 2.24) is 4.90 Å². The maximum absolute atomic E-state index is 11.5. The molecule has 1 aliphatic rings. The number of carbonyl (C=O) groups excluding carboxylic acids is 1. The summed E-state index contributed by atoms with van der Waals surface area (Å²) in [6.45, 7) is 12.1. The van der Waals surface area contributed by atoms with Crippen molar-refractivity contribution in [3.8, 4) is 0 Å². The smallest absolute Gasteiger partial charge is 0.225 e. The average Bonchev–Trinajstić information content (AvgIpc) is 2.85. The molecule has 0 aromatic heterocycles. The lowest BCUT2D eigenvalue weighted by molar-refractivity contribution is -0.132. The van der Waals surface area contributed by atoms with Gasteiger partial charge in [0.15, 0.2) is 0 Å². The first-order valence-electron chi connectivity index (χ1n) is 4.48. The highest BCUT2D eigenvalue weighted by molar-refractivity contribution is 5.81. The van der Waals surface area contributed by atoms with Crippen LogP contribution in [-0.2, 0) is 4.79 Å². The van der Waals surface area contributed by atoms with Crippen molar-refractivity contribution >= 4 is 5.91 Å². The number of nitrogens with zero attached hydrogens (tertiary/aromatic N) is 1. The molecule has 1 fully saturated rings. The molecule has 0 atom stereocenters. The van der Waals surface area contributed by atoms with E-state index in [1.165, 1.54) is 0 Å². The van der Waals surface area contributed by atoms with E-state index in [1.807, 2.05) is 0 Å². The van der Waals surface area contributed by atoms with Gasteiger partial charge in [-0.1, -0.05) is 0 Å². The fraction of sp³-hybridized carbons (Fsp3) is 0.700. The second kappa shape index (κ2) is 4.48. The quantitative estimate of drug-likeness (QED) is 0.603. The Labute approximate surface area is 74.9 Å². The van der Waals surface area contributed by atoms with Crippen molar-refractivity contribution in [2.75, 3.05) is 13.1 Å². The van der Waals surface area contributed by atoms with E-state index in [-0.39, 0.29) is 11.8 Å². The van der Waals surface area contributed by atoms with E-state index in [0.29, 0.717) is 25.9 Å². The molecular formula is C10H15NO. The molecule has 2 nitrogen and oxygen atoms in total. The molecule has 0 aromatic rings. The molecule has 4 radical (unpaired) electrons. The van der Waals surface area contributed by atoms with Crippen molar-refractivity contribution < 1.29 is 4.79 Å². The van der Waals surface area contributed by atoms with Gasteiger partial charge in [0.25, 0.3) is 0 Å². The van der Waals surface area contributed by atoms with E-state index >= 15 is 0 Å². The van der Waals surface area contributed by atoms with Gasteiger partial charge in [-0.2, -0.15) is 0 Å². The van der Waals surface area contributed by atoms with Crippen molar-refractivity contribution in [2.24, 2.45) is 5.92 Å². The molecule has 1 saturated carbocycles. The Bertz CT molecular complexity index is 146. The van der Waals surface area contributed by atoms with Crippen LogP contribution in [0.2, 0.25) is 0 Å². The summed E-state index contributed by atoms with van der Waals surface area (Å²) in [5, 5.41) is 0. The van der Waals surface area contributed by atoms with Gasteiger partial charge in [0, 0.05) is 19.0 Å².